The summed E-state index contributed by atoms with van der Waals surface area (Å²) < 4.78 is 0. The van der Waals surface area contributed by atoms with Crippen LogP contribution in [0, 0.1) is 0 Å². The standard InChI is InChI=1S/C12H18ClN3O2S/c1-2-3-4-16(7-10(14)17)12(18)5-11-15-9(6-13)8-19-11/h8H,2-7H2,1H3,(H2,14,17). The number of nitrogens with two attached hydrogens (primary N) is 1. The molecule has 0 atom stereocenters. The molecule has 106 valence electrons. The van der Waals surface area contributed by atoms with Gasteiger partial charge in [0.1, 0.15) is 5.01 Å². The second-order valence-corrected chi connectivity index (χ2v) is 5.39. The summed E-state index contributed by atoms with van der Waals surface area (Å²) in [5, 5.41) is 2.55. The Hall–Kier alpha value is -1.14. The van der Waals surface area contributed by atoms with E-state index in [1.807, 2.05) is 12.3 Å². The van der Waals surface area contributed by atoms with Crippen LogP contribution in [0.2, 0.25) is 0 Å². The summed E-state index contributed by atoms with van der Waals surface area (Å²) in [7, 11) is 0. The highest BCUT2D eigenvalue weighted by Crippen LogP contribution is 2.13. The van der Waals surface area contributed by atoms with Crippen molar-refractivity contribution in [2.24, 2.45) is 5.73 Å². The molecule has 5 nitrogen and oxygen atoms in total. The molecule has 0 bridgehead atoms. The second-order valence-electron chi connectivity index (χ2n) is 4.18. The quantitative estimate of drug-likeness (QED) is 0.740. The molecule has 0 saturated carbocycles. The van der Waals surface area contributed by atoms with E-state index in [2.05, 4.69) is 4.98 Å². The van der Waals surface area contributed by atoms with Crippen molar-refractivity contribution in [3.8, 4) is 0 Å². The first-order chi connectivity index (χ1) is 9.06. The number of carbonyl (C=O) groups excluding carboxylic acids is 2. The zero-order valence-electron chi connectivity index (χ0n) is 10.9. The third-order valence-corrected chi connectivity index (χ3v) is 3.69. The number of halogens is 1. The minimum Gasteiger partial charge on any atom is -0.368 e. The summed E-state index contributed by atoms with van der Waals surface area (Å²) >= 11 is 7.07. The minimum atomic E-state index is -0.495. The van der Waals surface area contributed by atoms with Gasteiger partial charge in [-0.2, -0.15) is 0 Å². The van der Waals surface area contributed by atoms with Gasteiger partial charge in [-0.15, -0.1) is 22.9 Å². The molecule has 0 spiro atoms. The molecule has 0 saturated heterocycles. The largest absolute Gasteiger partial charge is 0.368 e. The van der Waals surface area contributed by atoms with Crippen LogP contribution in [0.1, 0.15) is 30.5 Å². The lowest BCUT2D eigenvalue weighted by molar-refractivity contribution is -0.134. The summed E-state index contributed by atoms with van der Waals surface area (Å²) in [5.41, 5.74) is 5.93. The Labute approximate surface area is 121 Å². The first kappa shape index (κ1) is 15.9. The number of nitrogens with zero attached hydrogens (tertiary/aromatic N) is 2. The SMILES string of the molecule is CCCCN(CC(N)=O)C(=O)Cc1nc(CCl)cs1. The van der Waals surface area contributed by atoms with E-state index in [4.69, 9.17) is 17.3 Å². The van der Waals surface area contributed by atoms with Crippen molar-refractivity contribution in [2.45, 2.75) is 32.1 Å². The lowest BCUT2D eigenvalue weighted by Gasteiger charge is -2.20. The highest BCUT2D eigenvalue weighted by Gasteiger charge is 2.17. The molecule has 2 amide bonds. The highest BCUT2D eigenvalue weighted by atomic mass is 35.5. The molecule has 0 aromatic carbocycles. The van der Waals surface area contributed by atoms with Crippen molar-refractivity contribution >= 4 is 34.8 Å². The fourth-order valence-corrected chi connectivity index (χ4v) is 2.57. The van der Waals surface area contributed by atoms with Gasteiger partial charge >= 0.3 is 0 Å². The molecular formula is C12H18ClN3O2S. The maximum Gasteiger partial charge on any atom is 0.237 e. The van der Waals surface area contributed by atoms with Crippen molar-refractivity contribution in [3.05, 3.63) is 16.1 Å². The molecule has 0 radical (unpaired) electrons. The van der Waals surface area contributed by atoms with E-state index < -0.39 is 5.91 Å². The Morgan fingerprint density at radius 3 is 2.79 bits per heavy atom. The molecule has 1 aromatic heterocycles. The second kappa shape index (κ2) is 8.12. The van der Waals surface area contributed by atoms with Crippen LogP contribution in [0.5, 0.6) is 0 Å². The number of carbonyl (C=O) groups is 2. The van der Waals surface area contributed by atoms with Gasteiger partial charge in [-0.05, 0) is 6.42 Å². The highest BCUT2D eigenvalue weighted by molar-refractivity contribution is 7.09. The fourth-order valence-electron chi connectivity index (χ4n) is 1.56. The molecule has 1 heterocycles. The Kier molecular flexibility index (Phi) is 6.80. The van der Waals surface area contributed by atoms with Crippen molar-refractivity contribution < 1.29 is 9.59 Å². The van der Waals surface area contributed by atoms with Gasteiger partial charge in [-0.25, -0.2) is 4.98 Å². The Morgan fingerprint density at radius 2 is 2.26 bits per heavy atom. The molecule has 0 unspecified atom stereocenters. The molecule has 0 aliphatic rings. The molecule has 1 rings (SSSR count). The summed E-state index contributed by atoms with van der Waals surface area (Å²) in [6, 6.07) is 0. The molecule has 2 N–H and O–H groups in total. The third-order valence-electron chi connectivity index (χ3n) is 2.52. The number of hydrogen-bond acceptors (Lipinski definition) is 4. The minimum absolute atomic E-state index is 0.0351. The van der Waals surface area contributed by atoms with Gasteiger partial charge in [0.05, 0.1) is 24.5 Å². The van der Waals surface area contributed by atoms with Crippen LogP contribution in [-0.2, 0) is 21.9 Å². The topological polar surface area (TPSA) is 76.3 Å². The molecule has 19 heavy (non-hydrogen) atoms. The van der Waals surface area contributed by atoms with Gasteiger partial charge in [-0.3, -0.25) is 9.59 Å². The Balaban J connectivity index is 2.61. The normalized spacial score (nSPS) is 10.4. The average molecular weight is 304 g/mol. The van der Waals surface area contributed by atoms with Crippen LogP contribution in [0.3, 0.4) is 0 Å². The average Bonchev–Trinajstić information content (AvgIpc) is 2.81. The maximum absolute atomic E-state index is 12.1. The predicted molar refractivity (Wildman–Crippen MR) is 76.1 cm³/mol. The molecule has 0 aliphatic heterocycles. The predicted octanol–water partition coefficient (Wildman–Crippen LogP) is 1.54. The van der Waals surface area contributed by atoms with Crippen LogP contribution in [0.15, 0.2) is 5.38 Å². The van der Waals surface area contributed by atoms with Crippen molar-refractivity contribution in [1.82, 2.24) is 9.88 Å². The monoisotopic (exact) mass is 303 g/mol. The van der Waals surface area contributed by atoms with E-state index in [1.54, 1.807) is 0 Å². The number of hydrogen-bond donors (Lipinski definition) is 1. The van der Waals surface area contributed by atoms with E-state index in [-0.39, 0.29) is 18.9 Å². The zero-order chi connectivity index (χ0) is 14.3. The molecule has 1 aromatic rings. The smallest absolute Gasteiger partial charge is 0.237 e. The first-order valence-corrected chi connectivity index (χ1v) is 7.53. The van der Waals surface area contributed by atoms with Crippen molar-refractivity contribution in [2.75, 3.05) is 13.1 Å². The molecule has 0 fully saturated rings. The molecule has 7 heteroatoms. The fraction of sp³-hybridized carbons (Fsp3) is 0.583. The van der Waals surface area contributed by atoms with Gasteiger partial charge in [0, 0.05) is 11.9 Å². The number of aromatic nitrogens is 1. The zero-order valence-corrected chi connectivity index (χ0v) is 12.5. The Morgan fingerprint density at radius 1 is 1.53 bits per heavy atom. The van der Waals surface area contributed by atoms with Gasteiger partial charge < -0.3 is 10.6 Å². The maximum atomic E-state index is 12.1. The summed E-state index contributed by atoms with van der Waals surface area (Å²) in [6.07, 6.45) is 2.00. The van der Waals surface area contributed by atoms with Crippen molar-refractivity contribution in [1.29, 1.82) is 0 Å². The lowest BCUT2D eigenvalue weighted by atomic mass is 10.3. The van der Waals surface area contributed by atoms with Crippen LogP contribution in [0.4, 0.5) is 0 Å². The summed E-state index contributed by atoms with van der Waals surface area (Å²) in [6.45, 7) is 2.54. The number of amides is 2. The number of unbranched alkanes of at least 4 members (excludes halogenated alkanes) is 1. The summed E-state index contributed by atoms with van der Waals surface area (Å²) in [4.78, 5) is 28.8. The van der Waals surface area contributed by atoms with Crippen molar-refractivity contribution in [3.63, 3.8) is 0 Å². The molecular weight excluding hydrogens is 286 g/mol. The van der Waals surface area contributed by atoms with Crippen LogP contribution in [-0.4, -0.2) is 34.8 Å². The number of alkyl halides is 1. The van der Waals surface area contributed by atoms with Crippen LogP contribution in [0.25, 0.3) is 0 Å². The van der Waals surface area contributed by atoms with E-state index in [1.165, 1.54) is 16.2 Å². The van der Waals surface area contributed by atoms with E-state index in [0.29, 0.717) is 17.4 Å². The van der Waals surface area contributed by atoms with E-state index in [9.17, 15) is 9.59 Å². The van der Waals surface area contributed by atoms with Crippen LogP contribution >= 0.6 is 22.9 Å². The van der Waals surface area contributed by atoms with Gasteiger partial charge in [-0.1, -0.05) is 13.3 Å². The number of thiazole rings is 1. The third kappa shape index (κ3) is 5.57. The van der Waals surface area contributed by atoms with E-state index in [0.717, 1.165) is 18.5 Å². The van der Waals surface area contributed by atoms with Crippen LogP contribution < -0.4 is 5.73 Å². The van der Waals surface area contributed by atoms with Gasteiger partial charge in [0.25, 0.3) is 0 Å². The molecule has 0 aliphatic carbocycles. The Bertz CT molecular complexity index is 436. The summed E-state index contributed by atoms with van der Waals surface area (Å²) in [5.74, 6) is -0.279. The number of primary amides is 1. The van der Waals surface area contributed by atoms with Gasteiger partial charge in [0.15, 0.2) is 0 Å². The van der Waals surface area contributed by atoms with E-state index >= 15 is 0 Å². The number of rotatable bonds is 8. The first-order valence-electron chi connectivity index (χ1n) is 6.12. The van der Waals surface area contributed by atoms with Gasteiger partial charge in [0.2, 0.25) is 11.8 Å². The lowest BCUT2D eigenvalue weighted by Crippen LogP contribution is -2.39.